The van der Waals surface area contributed by atoms with Gasteiger partial charge in [-0.25, -0.2) is 0 Å². The molecule has 0 saturated carbocycles. The lowest BCUT2D eigenvalue weighted by Gasteiger charge is -2.08. The number of amides is 1. The number of ether oxygens (including phenoxy) is 1. The number of rotatable bonds is 3. The molecule has 0 unspecified atom stereocenters. The molecule has 0 fully saturated rings. The fraction of sp³-hybridized carbons (Fsp3) is 0.0500. The van der Waals surface area contributed by atoms with Crippen LogP contribution in [0.3, 0.4) is 0 Å². The van der Waals surface area contributed by atoms with Crippen molar-refractivity contribution in [2.75, 3.05) is 12.4 Å². The van der Waals surface area contributed by atoms with Crippen LogP contribution in [0.4, 0.5) is 5.69 Å². The van der Waals surface area contributed by atoms with Gasteiger partial charge >= 0.3 is 0 Å². The summed E-state index contributed by atoms with van der Waals surface area (Å²) < 4.78 is 5.48. The number of methoxy groups -OCH3 is 1. The first-order valence-electron chi connectivity index (χ1n) is 7.70. The van der Waals surface area contributed by atoms with E-state index in [0.717, 1.165) is 33.0 Å². The normalized spacial score (nSPS) is 14.5. The van der Waals surface area contributed by atoms with Gasteiger partial charge in [-0.3, -0.25) is 4.79 Å². The molecule has 25 heavy (non-hydrogen) atoms. The monoisotopic (exact) mass is 367 g/mol. The number of halogens is 1. The number of benzene rings is 2. The van der Waals surface area contributed by atoms with Gasteiger partial charge in [0.2, 0.25) is 0 Å². The molecule has 0 saturated heterocycles. The van der Waals surface area contributed by atoms with Crippen molar-refractivity contribution in [1.29, 1.82) is 0 Å². The highest BCUT2D eigenvalue weighted by atomic mass is 35.5. The van der Waals surface area contributed by atoms with E-state index in [4.69, 9.17) is 16.3 Å². The molecular weight excluding hydrogens is 354 g/mol. The Morgan fingerprint density at radius 3 is 2.76 bits per heavy atom. The van der Waals surface area contributed by atoms with E-state index in [2.05, 4.69) is 11.4 Å². The minimum Gasteiger partial charge on any atom is -0.496 e. The molecule has 0 bridgehead atoms. The van der Waals surface area contributed by atoms with Gasteiger partial charge < -0.3 is 10.1 Å². The molecule has 0 aliphatic carbocycles. The van der Waals surface area contributed by atoms with Crippen molar-refractivity contribution in [3.63, 3.8) is 0 Å². The second-order valence-electron chi connectivity index (χ2n) is 5.64. The molecule has 1 aliphatic heterocycles. The first kappa shape index (κ1) is 15.9. The molecule has 3 aromatic rings. The maximum Gasteiger partial charge on any atom is 0.256 e. The Bertz CT molecular complexity index is 993. The van der Waals surface area contributed by atoms with Crippen LogP contribution < -0.4 is 10.1 Å². The molecular formula is C20H14ClNO2S. The van der Waals surface area contributed by atoms with Gasteiger partial charge in [0.25, 0.3) is 5.91 Å². The van der Waals surface area contributed by atoms with Gasteiger partial charge in [-0.2, -0.15) is 0 Å². The summed E-state index contributed by atoms with van der Waals surface area (Å²) in [6.45, 7) is 0. The Kier molecular flexibility index (Phi) is 4.07. The first-order chi connectivity index (χ1) is 12.2. The molecule has 0 spiro atoms. The van der Waals surface area contributed by atoms with E-state index >= 15 is 0 Å². The molecule has 124 valence electrons. The molecule has 2 aromatic carbocycles. The minimum absolute atomic E-state index is 0.120. The van der Waals surface area contributed by atoms with E-state index < -0.39 is 0 Å². The van der Waals surface area contributed by atoms with Crippen LogP contribution in [0.25, 0.3) is 22.1 Å². The Balaban J connectivity index is 1.82. The molecule has 1 amide bonds. The number of thiophene rings is 1. The van der Waals surface area contributed by atoms with Gasteiger partial charge in [0.15, 0.2) is 0 Å². The Morgan fingerprint density at radius 1 is 1.12 bits per heavy atom. The van der Waals surface area contributed by atoms with Crippen molar-refractivity contribution in [3.8, 4) is 16.2 Å². The zero-order chi connectivity index (χ0) is 17.4. The van der Waals surface area contributed by atoms with E-state index in [9.17, 15) is 4.79 Å². The second-order valence-corrected chi connectivity index (χ2v) is 7.02. The minimum atomic E-state index is -0.120. The standard InChI is InChI=1S/C20H14ClNO2S/c1-24-18-7-4-12(10-16(18)19-3-2-8-25-19)9-15-14-11-13(21)5-6-17(14)22-20(15)23/h2-11H,1H3,(H,22,23)/b15-9+. The quantitative estimate of drug-likeness (QED) is 0.614. The van der Waals surface area contributed by atoms with Crippen LogP contribution in [-0.4, -0.2) is 13.0 Å². The molecule has 3 nitrogen and oxygen atoms in total. The topological polar surface area (TPSA) is 38.3 Å². The molecule has 4 rings (SSSR count). The average Bonchev–Trinajstić information content (AvgIpc) is 3.24. The highest BCUT2D eigenvalue weighted by molar-refractivity contribution is 7.13. The predicted octanol–water partition coefficient (Wildman–Crippen LogP) is 5.57. The van der Waals surface area contributed by atoms with Gasteiger partial charge in [0, 0.05) is 32.3 Å². The third-order valence-corrected chi connectivity index (χ3v) is 5.22. The summed E-state index contributed by atoms with van der Waals surface area (Å²) in [6, 6.07) is 15.4. The van der Waals surface area contributed by atoms with E-state index in [0.29, 0.717) is 10.6 Å². The van der Waals surface area contributed by atoms with Gasteiger partial charge in [0.1, 0.15) is 5.75 Å². The number of hydrogen-bond acceptors (Lipinski definition) is 3. The number of fused-ring (bicyclic) bond motifs is 1. The summed E-state index contributed by atoms with van der Waals surface area (Å²) in [4.78, 5) is 13.5. The Morgan fingerprint density at radius 2 is 2.00 bits per heavy atom. The molecule has 1 aromatic heterocycles. The molecule has 2 heterocycles. The zero-order valence-electron chi connectivity index (χ0n) is 13.4. The van der Waals surface area contributed by atoms with Gasteiger partial charge in [0.05, 0.1) is 7.11 Å². The summed E-state index contributed by atoms with van der Waals surface area (Å²) in [5, 5.41) is 5.51. The van der Waals surface area contributed by atoms with Gasteiger partial charge in [-0.05, 0) is 53.4 Å². The zero-order valence-corrected chi connectivity index (χ0v) is 14.9. The number of anilines is 1. The molecule has 1 aliphatic rings. The smallest absolute Gasteiger partial charge is 0.256 e. The number of carbonyl (C=O) groups excluding carboxylic acids is 1. The predicted molar refractivity (Wildman–Crippen MR) is 104 cm³/mol. The van der Waals surface area contributed by atoms with E-state index in [-0.39, 0.29) is 5.91 Å². The summed E-state index contributed by atoms with van der Waals surface area (Å²) in [5.74, 6) is 0.690. The van der Waals surface area contributed by atoms with E-state index in [1.54, 1.807) is 24.5 Å². The number of carbonyl (C=O) groups is 1. The van der Waals surface area contributed by atoms with Crippen LogP contribution in [0.1, 0.15) is 11.1 Å². The highest BCUT2D eigenvalue weighted by Crippen LogP contribution is 2.37. The van der Waals surface area contributed by atoms with E-state index in [1.165, 1.54) is 0 Å². The molecule has 0 radical (unpaired) electrons. The van der Waals surface area contributed by atoms with Crippen molar-refractivity contribution >= 4 is 46.2 Å². The van der Waals surface area contributed by atoms with E-state index in [1.807, 2.05) is 47.9 Å². The van der Waals surface area contributed by atoms with Crippen molar-refractivity contribution in [3.05, 3.63) is 70.1 Å². The summed E-state index contributed by atoms with van der Waals surface area (Å²) in [6.07, 6.45) is 1.88. The van der Waals surface area contributed by atoms with Gasteiger partial charge in [-0.15, -0.1) is 11.3 Å². The summed E-state index contributed by atoms with van der Waals surface area (Å²) in [7, 11) is 1.66. The van der Waals surface area contributed by atoms with Crippen LogP contribution in [0.2, 0.25) is 5.02 Å². The van der Waals surface area contributed by atoms with Crippen molar-refractivity contribution in [1.82, 2.24) is 0 Å². The average molecular weight is 368 g/mol. The van der Waals surface area contributed by atoms with Crippen molar-refractivity contribution in [2.24, 2.45) is 0 Å². The first-order valence-corrected chi connectivity index (χ1v) is 8.96. The number of hydrogen-bond donors (Lipinski definition) is 1. The maximum atomic E-state index is 12.3. The van der Waals surface area contributed by atoms with Crippen molar-refractivity contribution in [2.45, 2.75) is 0 Å². The van der Waals surface area contributed by atoms with Crippen LogP contribution >= 0.6 is 22.9 Å². The third kappa shape index (κ3) is 2.95. The van der Waals surface area contributed by atoms with Gasteiger partial charge in [-0.1, -0.05) is 23.7 Å². The van der Waals surface area contributed by atoms with Crippen LogP contribution in [0.5, 0.6) is 5.75 Å². The maximum absolute atomic E-state index is 12.3. The molecule has 5 heteroatoms. The lowest BCUT2D eigenvalue weighted by Crippen LogP contribution is -2.03. The lowest BCUT2D eigenvalue weighted by molar-refractivity contribution is -0.110. The number of nitrogens with one attached hydrogen (secondary N) is 1. The van der Waals surface area contributed by atoms with Crippen molar-refractivity contribution < 1.29 is 9.53 Å². The van der Waals surface area contributed by atoms with Crippen LogP contribution in [-0.2, 0) is 4.79 Å². The SMILES string of the molecule is COc1ccc(/C=C2/C(=O)Nc3ccc(Cl)cc32)cc1-c1cccs1. The fourth-order valence-corrected chi connectivity index (χ4v) is 3.83. The van der Waals surface area contributed by atoms with Crippen LogP contribution in [0, 0.1) is 0 Å². The molecule has 1 N–H and O–H groups in total. The second kappa shape index (κ2) is 6.39. The molecule has 0 atom stereocenters. The summed E-state index contributed by atoms with van der Waals surface area (Å²) in [5.41, 5.74) is 4.16. The summed E-state index contributed by atoms with van der Waals surface area (Å²) >= 11 is 7.74. The third-order valence-electron chi connectivity index (χ3n) is 4.09. The van der Waals surface area contributed by atoms with Crippen LogP contribution in [0.15, 0.2) is 53.9 Å². The lowest BCUT2D eigenvalue weighted by atomic mass is 10.0. The fourth-order valence-electron chi connectivity index (χ4n) is 2.91. The highest BCUT2D eigenvalue weighted by Gasteiger charge is 2.24. The largest absolute Gasteiger partial charge is 0.496 e. The Labute approximate surface area is 154 Å². The Hall–Kier alpha value is -2.56.